The lowest BCUT2D eigenvalue weighted by molar-refractivity contribution is 0.0793. The number of phenols is 1. The zero-order valence-corrected chi connectivity index (χ0v) is 15.1. The molecule has 3 rings (SSSR count). The number of aryl methyl sites for hydroxylation is 2. The van der Waals surface area contributed by atoms with Crippen molar-refractivity contribution in [2.45, 2.75) is 12.8 Å². The number of hydrogen-bond acceptors (Lipinski definition) is 3. The third-order valence-electron chi connectivity index (χ3n) is 4.47. The number of carbonyl (C=O) groups excluding carboxylic acids is 1. The monoisotopic (exact) mass is 349 g/mol. The topological polar surface area (TPSA) is 58.4 Å². The zero-order valence-electron chi connectivity index (χ0n) is 15.1. The van der Waals surface area contributed by atoms with Gasteiger partial charge in [0.25, 0.3) is 5.91 Å². The Hall–Kier alpha value is -3.08. The molecule has 134 valence electrons. The van der Waals surface area contributed by atoms with Crippen molar-refractivity contribution in [1.29, 1.82) is 0 Å². The summed E-state index contributed by atoms with van der Waals surface area (Å²) in [6, 6.07) is 14.6. The first kappa shape index (κ1) is 17.7. The summed E-state index contributed by atoms with van der Waals surface area (Å²) in [5.74, 6) is 1.26. The van der Waals surface area contributed by atoms with Crippen molar-refractivity contribution in [2.75, 3.05) is 13.6 Å². The Morgan fingerprint density at radius 2 is 1.92 bits per heavy atom. The number of rotatable bonds is 6. The lowest BCUT2D eigenvalue weighted by Gasteiger charge is -2.17. The highest BCUT2D eigenvalue weighted by atomic mass is 16.3. The molecule has 1 heterocycles. The van der Waals surface area contributed by atoms with Crippen LogP contribution in [0.5, 0.6) is 5.75 Å². The molecule has 5 heteroatoms. The standard InChI is InChI=1S/C21H23N3O2/c1-23-14-12-22-20(23)7-4-13-24(2)21(26)18-6-3-5-17(15-18)16-8-10-19(25)11-9-16/h3,5-6,8-12,14-15,25H,4,7,13H2,1-2H3. The summed E-state index contributed by atoms with van der Waals surface area (Å²) in [5.41, 5.74) is 2.59. The molecule has 2 aromatic carbocycles. The van der Waals surface area contributed by atoms with Gasteiger partial charge in [0, 0.05) is 45.0 Å². The van der Waals surface area contributed by atoms with E-state index in [2.05, 4.69) is 4.98 Å². The van der Waals surface area contributed by atoms with E-state index in [1.807, 2.05) is 61.3 Å². The molecule has 0 radical (unpaired) electrons. The summed E-state index contributed by atoms with van der Waals surface area (Å²) in [4.78, 5) is 18.8. The molecular formula is C21H23N3O2. The molecule has 1 aromatic heterocycles. The minimum Gasteiger partial charge on any atom is -0.508 e. The maximum atomic E-state index is 12.7. The van der Waals surface area contributed by atoms with Crippen molar-refractivity contribution in [3.63, 3.8) is 0 Å². The summed E-state index contributed by atoms with van der Waals surface area (Å²) in [5, 5.41) is 9.42. The second-order valence-electron chi connectivity index (χ2n) is 6.41. The molecule has 0 fully saturated rings. The Morgan fingerprint density at radius 1 is 1.15 bits per heavy atom. The van der Waals surface area contributed by atoms with E-state index in [1.54, 1.807) is 23.2 Å². The van der Waals surface area contributed by atoms with Crippen LogP contribution in [0.1, 0.15) is 22.6 Å². The van der Waals surface area contributed by atoms with Gasteiger partial charge in [-0.1, -0.05) is 24.3 Å². The highest BCUT2D eigenvalue weighted by Crippen LogP contribution is 2.23. The van der Waals surface area contributed by atoms with Gasteiger partial charge in [-0.25, -0.2) is 4.98 Å². The predicted molar refractivity (Wildman–Crippen MR) is 102 cm³/mol. The van der Waals surface area contributed by atoms with Gasteiger partial charge in [-0.2, -0.15) is 0 Å². The summed E-state index contributed by atoms with van der Waals surface area (Å²) >= 11 is 0. The van der Waals surface area contributed by atoms with Gasteiger partial charge >= 0.3 is 0 Å². The summed E-state index contributed by atoms with van der Waals surface area (Å²) in [7, 11) is 3.81. The molecular weight excluding hydrogens is 326 g/mol. The van der Waals surface area contributed by atoms with E-state index < -0.39 is 0 Å². The maximum absolute atomic E-state index is 12.7. The lowest BCUT2D eigenvalue weighted by atomic mass is 10.0. The molecule has 0 saturated carbocycles. The van der Waals surface area contributed by atoms with Crippen LogP contribution in [0, 0.1) is 0 Å². The molecule has 3 aromatic rings. The first-order valence-electron chi connectivity index (χ1n) is 8.66. The number of hydrogen-bond donors (Lipinski definition) is 1. The normalized spacial score (nSPS) is 10.7. The fraction of sp³-hybridized carbons (Fsp3) is 0.238. The summed E-state index contributed by atoms with van der Waals surface area (Å²) in [6.07, 6.45) is 5.43. The van der Waals surface area contributed by atoms with E-state index in [-0.39, 0.29) is 11.7 Å². The molecule has 1 amide bonds. The average Bonchev–Trinajstić information content (AvgIpc) is 3.06. The summed E-state index contributed by atoms with van der Waals surface area (Å²) in [6.45, 7) is 0.676. The van der Waals surface area contributed by atoms with Crippen LogP contribution in [0.2, 0.25) is 0 Å². The number of phenolic OH excluding ortho intramolecular Hbond substituents is 1. The molecule has 0 aliphatic heterocycles. The highest BCUT2D eigenvalue weighted by molar-refractivity contribution is 5.95. The predicted octanol–water partition coefficient (Wildman–Crippen LogP) is 3.50. The van der Waals surface area contributed by atoms with Crippen LogP contribution in [-0.4, -0.2) is 39.1 Å². The maximum Gasteiger partial charge on any atom is 0.253 e. The van der Waals surface area contributed by atoms with Crippen LogP contribution >= 0.6 is 0 Å². The first-order valence-corrected chi connectivity index (χ1v) is 8.66. The molecule has 5 nitrogen and oxygen atoms in total. The molecule has 0 aliphatic carbocycles. The number of nitrogens with zero attached hydrogens (tertiary/aromatic N) is 3. The Labute approximate surface area is 153 Å². The van der Waals surface area contributed by atoms with Gasteiger partial charge in [-0.15, -0.1) is 0 Å². The minimum atomic E-state index is 0.00506. The fourth-order valence-corrected chi connectivity index (χ4v) is 2.92. The molecule has 0 atom stereocenters. The Morgan fingerprint density at radius 3 is 2.62 bits per heavy atom. The van der Waals surface area contributed by atoms with Crippen molar-refractivity contribution in [2.24, 2.45) is 7.05 Å². The van der Waals surface area contributed by atoms with Gasteiger partial charge in [-0.3, -0.25) is 4.79 Å². The molecule has 26 heavy (non-hydrogen) atoms. The molecule has 0 aliphatic rings. The van der Waals surface area contributed by atoms with E-state index in [0.717, 1.165) is 29.8 Å². The SMILES string of the molecule is CN(CCCc1nccn1C)C(=O)c1cccc(-c2ccc(O)cc2)c1. The minimum absolute atomic E-state index is 0.00506. The van der Waals surface area contributed by atoms with Crippen LogP contribution in [0.15, 0.2) is 60.9 Å². The second kappa shape index (κ2) is 7.87. The van der Waals surface area contributed by atoms with Gasteiger partial charge in [0.15, 0.2) is 0 Å². The van der Waals surface area contributed by atoms with Crippen molar-refractivity contribution in [1.82, 2.24) is 14.5 Å². The molecule has 0 saturated heterocycles. The Bertz CT molecular complexity index is 884. The van der Waals surface area contributed by atoms with Gasteiger partial charge < -0.3 is 14.6 Å². The van der Waals surface area contributed by atoms with Crippen molar-refractivity contribution in [3.05, 3.63) is 72.3 Å². The molecule has 0 bridgehead atoms. The third-order valence-corrected chi connectivity index (χ3v) is 4.47. The number of aromatic nitrogens is 2. The van der Waals surface area contributed by atoms with E-state index in [4.69, 9.17) is 0 Å². The largest absolute Gasteiger partial charge is 0.508 e. The zero-order chi connectivity index (χ0) is 18.5. The van der Waals surface area contributed by atoms with E-state index >= 15 is 0 Å². The first-order chi connectivity index (χ1) is 12.5. The van der Waals surface area contributed by atoms with Crippen LogP contribution in [0.25, 0.3) is 11.1 Å². The van der Waals surface area contributed by atoms with Crippen molar-refractivity contribution < 1.29 is 9.90 Å². The van der Waals surface area contributed by atoms with Crippen molar-refractivity contribution in [3.8, 4) is 16.9 Å². The third kappa shape index (κ3) is 4.11. The number of benzene rings is 2. The van der Waals surface area contributed by atoms with E-state index in [0.29, 0.717) is 12.1 Å². The summed E-state index contributed by atoms with van der Waals surface area (Å²) < 4.78 is 2.00. The Kier molecular flexibility index (Phi) is 5.37. The number of imidazole rings is 1. The molecule has 1 N–H and O–H groups in total. The van der Waals surface area contributed by atoms with Gasteiger partial charge in [0.05, 0.1) is 0 Å². The van der Waals surface area contributed by atoms with Gasteiger partial charge in [-0.05, 0) is 41.8 Å². The number of carbonyl (C=O) groups is 1. The van der Waals surface area contributed by atoms with E-state index in [9.17, 15) is 9.90 Å². The van der Waals surface area contributed by atoms with Crippen LogP contribution in [0.4, 0.5) is 0 Å². The lowest BCUT2D eigenvalue weighted by Crippen LogP contribution is -2.28. The van der Waals surface area contributed by atoms with Crippen LogP contribution in [0.3, 0.4) is 0 Å². The average molecular weight is 349 g/mol. The molecule has 0 spiro atoms. The van der Waals surface area contributed by atoms with Gasteiger partial charge in [0.2, 0.25) is 0 Å². The second-order valence-corrected chi connectivity index (χ2v) is 6.41. The van der Waals surface area contributed by atoms with Crippen LogP contribution in [-0.2, 0) is 13.5 Å². The van der Waals surface area contributed by atoms with Crippen LogP contribution < -0.4 is 0 Å². The fourth-order valence-electron chi connectivity index (χ4n) is 2.92. The van der Waals surface area contributed by atoms with Gasteiger partial charge in [0.1, 0.15) is 11.6 Å². The number of aromatic hydroxyl groups is 1. The molecule has 0 unspecified atom stereocenters. The van der Waals surface area contributed by atoms with E-state index in [1.165, 1.54) is 0 Å². The number of amides is 1. The quantitative estimate of drug-likeness (QED) is 0.741. The smallest absolute Gasteiger partial charge is 0.253 e. The van der Waals surface area contributed by atoms with Crippen molar-refractivity contribution >= 4 is 5.91 Å². The Balaban J connectivity index is 1.64. The highest BCUT2D eigenvalue weighted by Gasteiger charge is 2.12.